The second kappa shape index (κ2) is 9.40. The molecule has 3 rings (SSSR count). The number of carbonyl (C=O) groups is 2. The van der Waals surface area contributed by atoms with Gasteiger partial charge in [-0.05, 0) is 43.5 Å². The van der Waals surface area contributed by atoms with Gasteiger partial charge in [0.25, 0.3) is 0 Å². The fraction of sp³-hybridized carbons (Fsp3) is 0.529. The highest BCUT2D eigenvalue weighted by Crippen LogP contribution is 2.20. The molecule has 2 aliphatic rings. The Kier molecular flexibility index (Phi) is 7.53. The number of rotatable bonds is 4. The van der Waals surface area contributed by atoms with E-state index in [1.54, 1.807) is 0 Å². The Labute approximate surface area is 162 Å². The van der Waals surface area contributed by atoms with Crippen LogP contribution in [-0.4, -0.2) is 48.6 Å². The maximum Gasteiger partial charge on any atom is 0.319 e. The number of urea groups is 1. The fourth-order valence-corrected chi connectivity index (χ4v) is 3.58. The molecule has 6 nitrogen and oxygen atoms in total. The molecule has 138 valence electrons. The zero-order valence-electron chi connectivity index (χ0n) is 14.0. The van der Waals surface area contributed by atoms with Crippen LogP contribution in [0.2, 0.25) is 0 Å². The maximum atomic E-state index is 12.3. The van der Waals surface area contributed by atoms with Gasteiger partial charge in [-0.2, -0.15) is 0 Å². The summed E-state index contributed by atoms with van der Waals surface area (Å²) in [7, 11) is 0. The van der Waals surface area contributed by atoms with Gasteiger partial charge in [0, 0.05) is 48.3 Å². The number of halogens is 2. The first-order chi connectivity index (χ1) is 11.6. The summed E-state index contributed by atoms with van der Waals surface area (Å²) in [4.78, 5) is 26.1. The number of benzene rings is 1. The fourth-order valence-electron chi connectivity index (χ4n) is 3.32. The summed E-state index contributed by atoms with van der Waals surface area (Å²) < 4.78 is 0.958. The number of carbonyl (C=O) groups excluding carboxylic acids is 2. The largest absolute Gasteiger partial charge is 0.341 e. The first-order valence-electron chi connectivity index (χ1n) is 8.44. The number of anilines is 1. The third-order valence-electron chi connectivity index (χ3n) is 4.60. The molecule has 0 spiro atoms. The van der Waals surface area contributed by atoms with Gasteiger partial charge in [-0.3, -0.25) is 4.79 Å². The van der Waals surface area contributed by atoms with Crippen LogP contribution >= 0.6 is 28.3 Å². The van der Waals surface area contributed by atoms with Crippen LogP contribution in [0.3, 0.4) is 0 Å². The minimum atomic E-state index is -0.290. The molecule has 0 aromatic heterocycles. The van der Waals surface area contributed by atoms with Crippen LogP contribution < -0.4 is 16.0 Å². The average Bonchev–Trinajstić information content (AvgIpc) is 2.88. The van der Waals surface area contributed by atoms with Crippen LogP contribution in [-0.2, 0) is 4.79 Å². The first kappa shape index (κ1) is 20.0. The van der Waals surface area contributed by atoms with Crippen molar-refractivity contribution in [2.75, 3.05) is 25.0 Å². The van der Waals surface area contributed by atoms with E-state index in [9.17, 15) is 9.59 Å². The second-order valence-electron chi connectivity index (χ2n) is 6.40. The van der Waals surface area contributed by atoms with Crippen molar-refractivity contribution in [2.24, 2.45) is 0 Å². The zero-order chi connectivity index (χ0) is 16.9. The number of nitrogens with zero attached hydrogens (tertiary/aromatic N) is 1. The summed E-state index contributed by atoms with van der Waals surface area (Å²) in [5.41, 5.74) is 0.719. The number of nitrogens with one attached hydrogen (secondary N) is 3. The Bertz CT molecular complexity index is 599. The van der Waals surface area contributed by atoms with Gasteiger partial charge in [0.15, 0.2) is 0 Å². The van der Waals surface area contributed by atoms with Gasteiger partial charge in [0.1, 0.15) is 0 Å². The van der Waals surface area contributed by atoms with E-state index in [4.69, 9.17) is 0 Å². The zero-order valence-corrected chi connectivity index (χ0v) is 16.4. The van der Waals surface area contributed by atoms with Gasteiger partial charge in [0.05, 0.1) is 0 Å². The van der Waals surface area contributed by atoms with Gasteiger partial charge >= 0.3 is 6.03 Å². The van der Waals surface area contributed by atoms with E-state index in [0.717, 1.165) is 36.1 Å². The Balaban J connectivity index is 0.00000225. The monoisotopic (exact) mass is 430 g/mol. The summed E-state index contributed by atoms with van der Waals surface area (Å²) in [5, 5.41) is 9.06. The summed E-state index contributed by atoms with van der Waals surface area (Å²) in [6.07, 6.45) is 3.75. The molecule has 2 fully saturated rings. The van der Waals surface area contributed by atoms with E-state index in [0.29, 0.717) is 25.0 Å². The number of amides is 3. The van der Waals surface area contributed by atoms with Crippen molar-refractivity contribution >= 4 is 46.0 Å². The second-order valence-corrected chi connectivity index (χ2v) is 7.32. The smallest absolute Gasteiger partial charge is 0.319 e. The molecular weight excluding hydrogens is 408 g/mol. The maximum absolute atomic E-state index is 12.3. The predicted molar refractivity (Wildman–Crippen MR) is 104 cm³/mol. The summed E-state index contributed by atoms with van der Waals surface area (Å²) in [6, 6.07) is 8.07. The van der Waals surface area contributed by atoms with Crippen LogP contribution in [0, 0.1) is 0 Å². The van der Waals surface area contributed by atoms with Crippen molar-refractivity contribution in [3.05, 3.63) is 28.7 Å². The molecule has 1 aromatic rings. The number of likely N-dealkylation sites (tertiary alicyclic amines) is 1. The molecule has 0 saturated carbocycles. The molecule has 2 bridgehead atoms. The molecule has 1 aromatic carbocycles. The molecule has 3 amide bonds. The highest BCUT2D eigenvalue weighted by Gasteiger charge is 2.30. The van der Waals surface area contributed by atoms with Crippen molar-refractivity contribution in [1.29, 1.82) is 0 Å². The molecule has 0 radical (unpaired) electrons. The Morgan fingerprint density at radius 2 is 1.88 bits per heavy atom. The van der Waals surface area contributed by atoms with E-state index in [1.165, 1.54) is 6.42 Å². The molecule has 2 aliphatic heterocycles. The summed E-state index contributed by atoms with van der Waals surface area (Å²) >= 11 is 3.35. The van der Waals surface area contributed by atoms with Crippen molar-refractivity contribution in [3.8, 4) is 0 Å². The quantitative estimate of drug-likeness (QED) is 0.686. The molecule has 2 unspecified atom stereocenters. The molecule has 2 saturated heterocycles. The SMILES string of the molecule is Cl.O=C(NCCC(=O)N1CCC2CCC(C1)N2)Nc1ccc(Br)cc1. The van der Waals surface area contributed by atoms with Crippen LogP contribution in [0.4, 0.5) is 10.5 Å². The van der Waals surface area contributed by atoms with Gasteiger partial charge in [0.2, 0.25) is 5.91 Å². The highest BCUT2D eigenvalue weighted by molar-refractivity contribution is 9.10. The van der Waals surface area contributed by atoms with Crippen molar-refractivity contribution in [1.82, 2.24) is 15.5 Å². The van der Waals surface area contributed by atoms with Gasteiger partial charge in [-0.1, -0.05) is 15.9 Å². The number of hydrogen-bond acceptors (Lipinski definition) is 3. The van der Waals surface area contributed by atoms with E-state index >= 15 is 0 Å². The number of fused-ring (bicyclic) bond motifs is 2. The molecule has 2 atom stereocenters. The lowest BCUT2D eigenvalue weighted by Gasteiger charge is -2.24. The van der Waals surface area contributed by atoms with Crippen LogP contribution in [0.15, 0.2) is 28.7 Å². The lowest BCUT2D eigenvalue weighted by atomic mass is 10.1. The van der Waals surface area contributed by atoms with Gasteiger partial charge in [-0.25, -0.2) is 4.79 Å². The Hall–Kier alpha value is -1.31. The topological polar surface area (TPSA) is 73.5 Å². The molecular formula is C17H24BrClN4O2. The van der Waals surface area contributed by atoms with E-state index in [-0.39, 0.29) is 24.3 Å². The van der Waals surface area contributed by atoms with Crippen LogP contribution in [0.1, 0.15) is 25.7 Å². The lowest BCUT2D eigenvalue weighted by molar-refractivity contribution is -0.131. The van der Waals surface area contributed by atoms with Gasteiger partial charge < -0.3 is 20.9 Å². The van der Waals surface area contributed by atoms with E-state index < -0.39 is 0 Å². The lowest BCUT2D eigenvalue weighted by Crippen LogP contribution is -2.40. The highest BCUT2D eigenvalue weighted by atomic mass is 79.9. The van der Waals surface area contributed by atoms with E-state index in [2.05, 4.69) is 31.9 Å². The molecule has 3 N–H and O–H groups in total. The normalized spacial score (nSPS) is 21.9. The standard InChI is InChI=1S/C17H23BrN4O2.ClH/c18-12-1-3-13(4-2-12)21-17(24)19-9-7-16(23)22-10-8-14-5-6-15(11-22)20-14;/h1-4,14-15,20H,5-11H2,(H2,19,21,24);1H. The third kappa shape index (κ3) is 5.87. The molecule has 2 heterocycles. The van der Waals surface area contributed by atoms with Crippen molar-refractivity contribution < 1.29 is 9.59 Å². The number of hydrogen-bond donors (Lipinski definition) is 3. The van der Waals surface area contributed by atoms with Crippen LogP contribution in [0.25, 0.3) is 0 Å². The first-order valence-corrected chi connectivity index (χ1v) is 9.24. The van der Waals surface area contributed by atoms with Crippen molar-refractivity contribution in [3.63, 3.8) is 0 Å². The molecule has 8 heteroatoms. The van der Waals surface area contributed by atoms with E-state index in [1.807, 2.05) is 29.2 Å². The minimum Gasteiger partial charge on any atom is -0.341 e. The van der Waals surface area contributed by atoms with Gasteiger partial charge in [-0.15, -0.1) is 12.4 Å². The molecule has 0 aliphatic carbocycles. The molecule has 25 heavy (non-hydrogen) atoms. The summed E-state index contributed by atoms with van der Waals surface area (Å²) in [5.74, 6) is 0.119. The average molecular weight is 432 g/mol. The van der Waals surface area contributed by atoms with Crippen molar-refractivity contribution in [2.45, 2.75) is 37.8 Å². The minimum absolute atomic E-state index is 0. The van der Waals surface area contributed by atoms with Crippen LogP contribution in [0.5, 0.6) is 0 Å². The summed E-state index contributed by atoms with van der Waals surface area (Å²) in [6.45, 7) is 1.96. The third-order valence-corrected chi connectivity index (χ3v) is 5.13. The Morgan fingerprint density at radius 3 is 2.64 bits per heavy atom. The Morgan fingerprint density at radius 1 is 1.16 bits per heavy atom. The predicted octanol–water partition coefficient (Wildman–Crippen LogP) is 2.74.